The Morgan fingerprint density at radius 3 is 2.97 bits per heavy atom. The molecule has 2 unspecified atom stereocenters. The number of thiazole rings is 1. The minimum absolute atomic E-state index is 0.0967. The van der Waals surface area contributed by atoms with E-state index in [9.17, 15) is 9.90 Å². The van der Waals surface area contributed by atoms with E-state index in [0.717, 1.165) is 44.9 Å². The van der Waals surface area contributed by atoms with Crippen LogP contribution >= 0.6 is 11.3 Å². The van der Waals surface area contributed by atoms with Gasteiger partial charge in [0.15, 0.2) is 0 Å². The van der Waals surface area contributed by atoms with Gasteiger partial charge in [-0.15, -0.1) is 11.3 Å². The number of rotatable bonds is 5. The van der Waals surface area contributed by atoms with Gasteiger partial charge in [-0.3, -0.25) is 9.48 Å². The predicted molar refractivity (Wildman–Crippen MR) is 136 cm³/mol. The number of nitrogens with one attached hydrogen (secondary N) is 1. The van der Waals surface area contributed by atoms with E-state index in [1.165, 1.54) is 0 Å². The molecule has 0 aliphatic carbocycles. The van der Waals surface area contributed by atoms with Crippen molar-refractivity contribution in [2.45, 2.75) is 24.9 Å². The molecule has 180 valence electrons. The van der Waals surface area contributed by atoms with E-state index >= 15 is 0 Å². The standard InChI is InChI=1S/C25H27N7O2S/c26-23-19(24-30-20-3-1-2-4-22(20)35-24)7-16(9-28-23)17-10-29-32(13-17)18-8-21(27-11-18)25(34)31-6-5-15(12-31)14-33/h1-4,7,9-10,13,15,18,21,27,33H,5-6,8,11-12,14H2,(H2,26,28)/t15?,18?,21-/m0/s1. The van der Waals surface area contributed by atoms with Gasteiger partial charge < -0.3 is 21.1 Å². The summed E-state index contributed by atoms with van der Waals surface area (Å²) in [4.78, 5) is 23.9. The quantitative estimate of drug-likeness (QED) is 0.394. The van der Waals surface area contributed by atoms with Gasteiger partial charge in [-0.05, 0) is 31.0 Å². The Morgan fingerprint density at radius 1 is 1.26 bits per heavy atom. The van der Waals surface area contributed by atoms with Crippen LogP contribution in [0.25, 0.3) is 31.9 Å². The summed E-state index contributed by atoms with van der Waals surface area (Å²) in [6, 6.07) is 9.93. The van der Waals surface area contributed by atoms with Crippen LogP contribution in [-0.2, 0) is 4.79 Å². The second-order valence-corrected chi connectivity index (χ2v) is 10.4. The maximum atomic E-state index is 12.9. The first-order valence-corrected chi connectivity index (χ1v) is 12.7. The number of hydrogen-bond acceptors (Lipinski definition) is 8. The molecule has 1 amide bonds. The highest BCUT2D eigenvalue weighted by Crippen LogP contribution is 2.35. The van der Waals surface area contributed by atoms with Crippen LogP contribution in [0.3, 0.4) is 0 Å². The Kier molecular flexibility index (Phi) is 5.71. The molecule has 10 heteroatoms. The number of aromatic nitrogens is 4. The summed E-state index contributed by atoms with van der Waals surface area (Å²) in [5, 5.41) is 18.2. The number of benzene rings is 1. The number of fused-ring (bicyclic) bond motifs is 1. The maximum Gasteiger partial charge on any atom is 0.239 e. The number of carbonyl (C=O) groups excluding carboxylic acids is 1. The zero-order chi connectivity index (χ0) is 23.9. The van der Waals surface area contributed by atoms with Gasteiger partial charge in [-0.1, -0.05) is 12.1 Å². The number of aliphatic hydroxyl groups excluding tert-OH is 1. The summed E-state index contributed by atoms with van der Waals surface area (Å²) in [7, 11) is 0. The van der Waals surface area contributed by atoms with E-state index in [-0.39, 0.29) is 30.5 Å². The Labute approximate surface area is 206 Å². The molecule has 0 saturated carbocycles. The highest BCUT2D eigenvalue weighted by Gasteiger charge is 2.36. The number of amides is 1. The topological polar surface area (TPSA) is 122 Å². The van der Waals surface area contributed by atoms with Gasteiger partial charge >= 0.3 is 0 Å². The minimum Gasteiger partial charge on any atom is -0.396 e. The number of anilines is 1. The number of nitrogen functional groups attached to an aromatic ring is 1. The number of para-hydroxylation sites is 1. The molecule has 4 N–H and O–H groups in total. The number of likely N-dealkylation sites (tertiary alicyclic amines) is 1. The van der Waals surface area contributed by atoms with Crippen molar-refractivity contribution < 1.29 is 9.90 Å². The normalized spacial score (nSPS) is 22.3. The lowest BCUT2D eigenvalue weighted by Crippen LogP contribution is -2.42. The molecule has 2 fully saturated rings. The summed E-state index contributed by atoms with van der Waals surface area (Å²) >= 11 is 1.60. The molecule has 0 bridgehead atoms. The molecular formula is C25H27N7O2S. The molecule has 2 saturated heterocycles. The second-order valence-electron chi connectivity index (χ2n) is 9.32. The van der Waals surface area contributed by atoms with Crippen molar-refractivity contribution in [1.29, 1.82) is 0 Å². The number of aliphatic hydroxyl groups is 1. The molecule has 6 rings (SSSR count). The molecule has 4 aromatic rings. The Morgan fingerprint density at radius 2 is 2.14 bits per heavy atom. The molecule has 3 aromatic heterocycles. The van der Waals surface area contributed by atoms with Gasteiger partial charge in [-0.2, -0.15) is 5.10 Å². The third-order valence-electron chi connectivity index (χ3n) is 7.01. The van der Waals surface area contributed by atoms with E-state index in [2.05, 4.69) is 21.5 Å². The molecule has 0 spiro atoms. The highest BCUT2D eigenvalue weighted by molar-refractivity contribution is 7.21. The van der Waals surface area contributed by atoms with Crippen LogP contribution in [0.4, 0.5) is 5.82 Å². The molecular weight excluding hydrogens is 462 g/mol. The van der Waals surface area contributed by atoms with Crippen molar-refractivity contribution in [2.24, 2.45) is 5.92 Å². The number of carbonyl (C=O) groups is 1. The Bertz CT molecular complexity index is 1350. The van der Waals surface area contributed by atoms with Crippen LogP contribution in [0.1, 0.15) is 18.9 Å². The third-order valence-corrected chi connectivity index (χ3v) is 8.08. The Balaban J connectivity index is 1.19. The lowest BCUT2D eigenvalue weighted by Gasteiger charge is -2.20. The van der Waals surface area contributed by atoms with Gasteiger partial charge in [-0.25, -0.2) is 9.97 Å². The van der Waals surface area contributed by atoms with E-state index < -0.39 is 0 Å². The fourth-order valence-electron chi connectivity index (χ4n) is 4.99. The third kappa shape index (κ3) is 4.18. The molecule has 2 aliphatic heterocycles. The molecule has 35 heavy (non-hydrogen) atoms. The van der Waals surface area contributed by atoms with Crippen molar-refractivity contribution in [3.05, 3.63) is 48.9 Å². The number of pyridine rings is 1. The average molecular weight is 490 g/mol. The van der Waals surface area contributed by atoms with Gasteiger partial charge in [0.05, 0.1) is 34.1 Å². The monoisotopic (exact) mass is 489 g/mol. The van der Waals surface area contributed by atoms with Crippen molar-refractivity contribution >= 4 is 33.3 Å². The SMILES string of the molecule is Nc1ncc(-c2cnn(C3CN[C@H](C(=O)N4CCC(CO)C4)C3)c2)cc1-c1nc2ccccc2s1. The molecule has 0 radical (unpaired) electrons. The highest BCUT2D eigenvalue weighted by atomic mass is 32.1. The summed E-state index contributed by atoms with van der Waals surface area (Å²) in [6.45, 7) is 2.19. The van der Waals surface area contributed by atoms with Crippen molar-refractivity contribution in [1.82, 2.24) is 30.0 Å². The summed E-state index contributed by atoms with van der Waals surface area (Å²) in [5.41, 5.74) is 9.85. The van der Waals surface area contributed by atoms with E-state index in [0.29, 0.717) is 25.3 Å². The first-order valence-electron chi connectivity index (χ1n) is 11.9. The predicted octanol–water partition coefficient (Wildman–Crippen LogP) is 2.55. The molecule has 9 nitrogen and oxygen atoms in total. The number of nitrogens with two attached hydrogens (primary N) is 1. The van der Waals surface area contributed by atoms with E-state index in [4.69, 9.17) is 10.7 Å². The zero-order valence-corrected chi connectivity index (χ0v) is 20.0. The van der Waals surface area contributed by atoms with Crippen molar-refractivity contribution in [3.63, 3.8) is 0 Å². The van der Waals surface area contributed by atoms with Crippen LogP contribution in [0.2, 0.25) is 0 Å². The zero-order valence-electron chi connectivity index (χ0n) is 19.2. The maximum absolute atomic E-state index is 12.9. The van der Waals surface area contributed by atoms with E-state index in [1.54, 1.807) is 17.5 Å². The molecule has 3 atom stereocenters. The van der Waals surface area contributed by atoms with Crippen LogP contribution in [0.5, 0.6) is 0 Å². The fraction of sp³-hybridized carbons (Fsp3) is 0.360. The first-order chi connectivity index (χ1) is 17.1. The lowest BCUT2D eigenvalue weighted by atomic mass is 10.1. The van der Waals surface area contributed by atoms with Gasteiger partial charge in [0.25, 0.3) is 0 Å². The molecule has 1 aromatic carbocycles. The van der Waals surface area contributed by atoms with Crippen LogP contribution in [-0.4, -0.2) is 67.9 Å². The van der Waals surface area contributed by atoms with Crippen molar-refractivity contribution in [3.8, 4) is 21.7 Å². The average Bonchev–Trinajstić information content (AvgIpc) is 3.68. The van der Waals surface area contributed by atoms with Crippen LogP contribution in [0, 0.1) is 5.92 Å². The minimum atomic E-state index is -0.214. The molecule has 5 heterocycles. The largest absolute Gasteiger partial charge is 0.396 e. The summed E-state index contributed by atoms with van der Waals surface area (Å²) < 4.78 is 3.04. The van der Waals surface area contributed by atoms with Crippen LogP contribution in [0.15, 0.2) is 48.9 Å². The van der Waals surface area contributed by atoms with Crippen LogP contribution < -0.4 is 11.1 Å². The fourth-order valence-corrected chi connectivity index (χ4v) is 5.98. The first kappa shape index (κ1) is 22.1. The van der Waals surface area contributed by atoms with Gasteiger partial charge in [0.1, 0.15) is 10.8 Å². The Hall–Kier alpha value is -3.34. The summed E-state index contributed by atoms with van der Waals surface area (Å²) in [6.07, 6.45) is 7.16. The van der Waals surface area contributed by atoms with E-state index in [1.807, 2.05) is 46.2 Å². The summed E-state index contributed by atoms with van der Waals surface area (Å²) in [5.74, 6) is 0.775. The second kappa shape index (κ2) is 9.03. The number of nitrogens with zero attached hydrogens (tertiary/aromatic N) is 5. The smallest absolute Gasteiger partial charge is 0.239 e. The number of hydrogen-bond donors (Lipinski definition) is 3. The molecule has 2 aliphatic rings. The van der Waals surface area contributed by atoms with Gasteiger partial charge in [0, 0.05) is 55.7 Å². The van der Waals surface area contributed by atoms with Gasteiger partial charge in [0.2, 0.25) is 5.91 Å². The lowest BCUT2D eigenvalue weighted by molar-refractivity contribution is -0.132. The van der Waals surface area contributed by atoms with Crippen molar-refractivity contribution in [2.75, 3.05) is 32.0 Å².